The molecule has 1 saturated heterocycles. The molecule has 0 radical (unpaired) electrons. The van der Waals surface area contributed by atoms with Gasteiger partial charge in [0.1, 0.15) is 12.2 Å². The maximum atomic E-state index is 11.8. The van der Waals surface area contributed by atoms with Crippen LogP contribution in [0.25, 0.3) is 0 Å². The van der Waals surface area contributed by atoms with E-state index in [0.29, 0.717) is 24.4 Å². The van der Waals surface area contributed by atoms with Crippen LogP contribution >= 0.6 is 0 Å². The minimum Gasteiger partial charge on any atom is -0.498 e. The molecule has 7 nitrogen and oxygen atoms in total. The van der Waals surface area contributed by atoms with E-state index in [1.54, 1.807) is 17.9 Å². The average molecular weight is 629 g/mol. The van der Waals surface area contributed by atoms with Crippen molar-refractivity contribution in [3.63, 3.8) is 0 Å². The molecule has 2 aliphatic rings. The van der Waals surface area contributed by atoms with E-state index in [2.05, 4.69) is 23.6 Å². The number of carboxylic acids is 1. The summed E-state index contributed by atoms with van der Waals surface area (Å²) in [5, 5.41) is 8.48. The number of allylic oxidation sites excluding steroid dienone is 6. The first-order valence-corrected chi connectivity index (χ1v) is 15.1. The summed E-state index contributed by atoms with van der Waals surface area (Å²) in [6.45, 7) is 20.7. The van der Waals surface area contributed by atoms with Gasteiger partial charge in [0, 0.05) is 30.8 Å². The molecular formula is C34H55F3N2O5. The third kappa shape index (κ3) is 20.6. The van der Waals surface area contributed by atoms with Gasteiger partial charge in [-0.2, -0.15) is 0 Å². The van der Waals surface area contributed by atoms with Crippen molar-refractivity contribution >= 4 is 12.1 Å². The number of carbonyl (C=O) groups excluding carboxylic acids is 1. The molecular weight excluding hydrogens is 573 g/mol. The standard InChI is InChI=1S/C20H32N2O3.C7H12O2.C4H7F.C3H4F2/c1-5-25-19-8-6-7-18(13-19)14-21-11-9-17(10-12-21)15-22(16(2)3)20(23)24-4;1-4-6(5(2)3)7(8)9;1-2-3-4-5;1-3(5)2-4/h7,13,17H,2,5-6,8-12,14-15H2,1,3-4H3;4-5H,1-3H3,(H,8,9);3-4H,2H2,1H3;2H,1H3/b;6-4-;4-3+;3-2-. The zero-order valence-corrected chi connectivity index (χ0v) is 28.0. The summed E-state index contributed by atoms with van der Waals surface area (Å²) in [6, 6.07) is 0. The minimum atomic E-state index is -0.813. The summed E-state index contributed by atoms with van der Waals surface area (Å²) in [4.78, 5) is 26.3. The van der Waals surface area contributed by atoms with Crippen molar-refractivity contribution in [1.82, 2.24) is 9.80 Å². The third-order valence-electron chi connectivity index (χ3n) is 6.54. The summed E-state index contributed by atoms with van der Waals surface area (Å²) in [7, 11) is 1.42. The number of carbonyl (C=O) groups is 2. The molecule has 0 aromatic heterocycles. The fraction of sp³-hybridized carbons (Fsp3) is 0.588. The van der Waals surface area contributed by atoms with Crippen LogP contribution in [0.5, 0.6) is 0 Å². The van der Waals surface area contributed by atoms with Crippen molar-refractivity contribution in [3.05, 3.63) is 72.0 Å². The summed E-state index contributed by atoms with van der Waals surface area (Å²) < 4.78 is 42.8. The summed E-state index contributed by atoms with van der Waals surface area (Å²) >= 11 is 0. The Balaban J connectivity index is 0. The van der Waals surface area contributed by atoms with E-state index < -0.39 is 11.8 Å². The van der Waals surface area contributed by atoms with E-state index >= 15 is 0 Å². The Morgan fingerprint density at radius 2 is 1.80 bits per heavy atom. The summed E-state index contributed by atoms with van der Waals surface area (Å²) in [5.74, 6) is 0.136. The Labute approximate surface area is 263 Å². The Morgan fingerprint density at radius 1 is 1.20 bits per heavy atom. The van der Waals surface area contributed by atoms with Gasteiger partial charge in [-0.3, -0.25) is 9.80 Å². The lowest BCUT2D eigenvalue weighted by molar-refractivity contribution is -0.133. The molecule has 0 bridgehead atoms. The Hall–Kier alpha value is -3.27. The van der Waals surface area contributed by atoms with Gasteiger partial charge in [0.2, 0.25) is 0 Å². The molecule has 1 aliphatic carbocycles. The van der Waals surface area contributed by atoms with E-state index in [1.165, 1.54) is 18.8 Å². The summed E-state index contributed by atoms with van der Waals surface area (Å²) in [6.07, 6.45) is 12.9. The first-order valence-electron chi connectivity index (χ1n) is 15.1. The number of methoxy groups -OCH3 is 1. The van der Waals surface area contributed by atoms with Crippen LogP contribution in [0.15, 0.2) is 72.0 Å². The maximum absolute atomic E-state index is 11.8. The third-order valence-corrected chi connectivity index (χ3v) is 6.54. The van der Waals surface area contributed by atoms with Crippen LogP contribution in [-0.4, -0.2) is 66.9 Å². The number of hydrogen-bond donors (Lipinski definition) is 1. The van der Waals surface area contributed by atoms with E-state index in [0.717, 1.165) is 76.7 Å². The normalized spacial score (nSPS) is 15.8. The van der Waals surface area contributed by atoms with Gasteiger partial charge in [0.15, 0.2) is 0 Å². The van der Waals surface area contributed by atoms with Gasteiger partial charge in [-0.25, -0.2) is 22.8 Å². The second-order valence-corrected chi connectivity index (χ2v) is 10.6. The van der Waals surface area contributed by atoms with E-state index in [9.17, 15) is 22.8 Å². The number of piperidine rings is 1. The first-order chi connectivity index (χ1) is 20.8. The number of rotatable bonds is 10. The van der Waals surface area contributed by atoms with Crippen LogP contribution in [0.2, 0.25) is 0 Å². The molecule has 1 fully saturated rings. The van der Waals surface area contributed by atoms with Crippen molar-refractivity contribution in [2.45, 2.75) is 80.6 Å². The number of likely N-dealkylation sites (tertiary alicyclic amines) is 1. The van der Waals surface area contributed by atoms with Crippen molar-refractivity contribution in [3.8, 4) is 0 Å². The predicted octanol–water partition coefficient (Wildman–Crippen LogP) is 9.28. The second kappa shape index (κ2) is 26.2. The van der Waals surface area contributed by atoms with Crippen LogP contribution in [-0.2, 0) is 14.3 Å². The van der Waals surface area contributed by atoms with Crippen molar-refractivity contribution in [2.24, 2.45) is 11.8 Å². The molecule has 1 N–H and O–H groups in total. The second-order valence-electron chi connectivity index (χ2n) is 10.6. The highest BCUT2D eigenvalue weighted by atomic mass is 19.2. The van der Waals surface area contributed by atoms with E-state index in [1.807, 2.05) is 34.6 Å². The molecule has 1 aliphatic heterocycles. The Bertz CT molecular complexity index is 991. The molecule has 1 heterocycles. The van der Waals surface area contributed by atoms with Crippen LogP contribution in [0, 0.1) is 11.8 Å². The van der Waals surface area contributed by atoms with E-state index in [-0.39, 0.29) is 18.3 Å². The fourth-order valence-corrected chi connectivity index (χ4v) is 4.28. The average Bonchev–Trinajstić information content (AvgIpc) is 2.98. The number of aliphatic carboxylic acids is 1. The molecule has 0 saturated carbocycles. The molecule has 0 unspecified atom stereocenters. The minimum absolute atomic E-state index is 0.0833. The van der Waals surface area contributed by atoms with Gasteiger partial charge < -0.3 is 14.6 Å². The molecule has 252 valence electrons. The van der Waals surface area contributed by atoms with Gasteiger partial charge in [0.05, 0.1) is 25.8 Å². The van der Waals surface area contributed by atoms with E-state index in [4.69, 9.17) is 14.6 Å². The fourth-order valence-electron chi connectivity index (χ4n) is 4.28. The summed E-state index contributed by atoms with van der Waals surface area (Å²) in [5.41, 5.74) is 2.59. The van der Waals surface area contributed by atoms with Crippen LogP contribution < -0.4 is 0 Å². The SMILES string of the molecule is C/C(F)=C/F.C/C=C(\C(=O)O)C(C)C.C=C(C)N(CC1CCN(CC2=CCCC(OCC)=C2)CC1)C(=O)OC.CC/C=C/F. The maximum Gasteiger partial charge on any atom is 0.413 e. The van der Waals surface area contributed by atoms with Crippen LogP contribution in [0.3, 0.4) is 0 Å². The number of amides is 1. The van der Waals surface area contributed by atoms with Gasteiger partial charge in [-0.1, -0.05) is 45.6 Å². The Morgan fingerprint density at radius 3 is 2.14 bits per heavy atom. The molecule has 1 amide bonds. The lowest BCUT2D eigenvalue weighted by Crippen LogP contribution is -2.40. The predicted molar refractivity (Wildman–Crippen MR) is 173 cm³/mol. The highest BCUT2D eigenvalue weighted by molar-refractivity contribution is 5.86. The highest BCUT2D eigenvalue weighted by Crippen LogP contribution is 2.24. The molecule has 0 spiro atoms. The monoisotopic (exact) mass is 628 g/mol. The molecule has 0 aromatic rings. The molecule has 0 aromatic carbocycles. The van der Waals surface area contributed by atoms with Crippen molar-refractivity contribution in [1.29, 1.82) is 0 Å². The quantitative estimate of drug-likeness (QED) is 0.243. The molecule has 0 atom stereocenters. The van der Waals surface area contributed by atoms with Gasteiger partial charge >= 0.3 is 12.1 Å². The number of nitrogens with zero attached hydrogens (tertiary/aromatic N) is 2. The molecule has 10 heteroatoms. The smallest absolute Gasteiger partial charge is 0.413 e. The first kappa shape index (κ1) is 42.9. The van der Waals surface area contributed by atoms with Crippen LogP contribution in [0.4, 0.5) is 18.0 Å². The number of halogens is 3. The number of carboxylic acid groups (broad SMARTS) is 1. The molecule has 2 rings (SSSR count). The van der Waals surface area contributed by atoms with Gasteiger partial charge in [-0.15, -0.1) is 0 Å². The number of ether oxygens (including phenoxy) is 2. The van der Waals surface area contributed by atoms with Crippen LogP contribution in [0.1, 0.15) is 80.6 Å². The topological polar surface area (TPSA) is 79.3 Å². The largest absolute Gasteiger partial charge is 0.498 e. The lowest BCUT2D eigenvalue weighted by atomic mass is 9.95. The zero-order chi connectivity index (χ0) is 34.1. The molecule has 44 heavy (non-hydrogen) atoms. The van der Waals surface area contributed by atoms with Gasteiger partial charge in [0.25, 0.3) is 0 Å². The highest BCUT2D eigenvalue weighted by Gasteiger charge is 2.25. The Kier molecular flexibility index (Phi) is 25.5. The zero-order valence-electron chi connectivity index (χ0n) is 28.0. The van der Waals surface area contributed by atoms with Crippen molar-refractivity contribution < 1.29 is 37.3 Å². The van der Waals surface area contributed by atoms with Crippen molar-refractivity contribution in [2.75, 3.05) is 39.9 Å². The lowest BCUT2D eigenvalue weighted by Gasteiger charge is -2.35. The van der Waals surface area contributed by atoms with Gasteiger partial charge in [-0.05, 0) is 90.0 Å². The number of hydrogen-bond acceptors (Lipinski definition) is 5.